The number of rotatable bonds is 0. The van der Waals surface area contributed by atoms with Crippen molar-refractivity contribution in [1.29, 1.82) is 0 Å². The molecule has 0 heterocycles. The molecule has 0 saturated heterocycles. The highest BCUT2D eigenvalue weighted by Crippen LogP contribution is 2.41. The smallest absolute Gasteiger partial charge is 0.0131 e. The Morgan fingerprint density at radius 1 is 1.11 bits per heavy atom. The summed E-state index contributed by atoms with van der Waals surface area (Å²) in [5, 5.41) is 0. The maximum Gasteiger partial charge on any atom is 0.0131 e. The molecule has 1 fully saturated rings. The van der Waals surface area contributed by atoms with Crippen LogP contribution in [0.1, 0.15) is 40.0 Å². The summed E-state index contributed by atoms with van der Waals surface area (Å²) in [6.07, 6.45) is 3.67. The lowest BCUT2D eigenvalue weighted by molar-refractivity contribution is 0.348. The fraction of sp³-hybridized carbons (Fsp3) is 1.00. The molecule has 1 heteroatoms. The molecular formula is C8H17N. The molecule has 0 aromatic rings. The standard InChI is InChI=1S/C8H17N/c1-7(2)4-5-8(3,9)6-7/h4-6,9H2,1-3H3/t8-/m1/s1. The molecule has 0 aromatic heterocycles. The van der Waals surface area contributed by atoms with E-state index in [9.17, 15) is 0 Å². The minimum atomic E-state index is 0.128. The molecule has 0 aromatic carbocycles. The van der Waals surface area contributed by atoms with Crippen LogP contribution in [0.5, 0.6) is 0 Å². The summed E-state index contributed by atoms with van der Waals surface area (Å²) in [5.74, 6) is 0. The van der Waals surface area contributed by atoms with Crippen molar-refractivity contribution >= 4 is 0 Å². The Kier molecular flexibility index (Phi) is 1.35. The molecule has 0 aliphatic heterocycles. The van der Waals surface area contributed by atoms with Crippen molar-refractivity contribution in [2.24, 2.45) is 11.1 Å². The van der Waals surface area contributed by atoms with Gasteiger partial charge in [-0.25, -0.2) is 0 Å². The van der Waals surface area contributed by atoms with E-state index in [4.69, 9.17) is 5.73 Å². The van der Waals surface area contributed by atoms with Crippen molar-refractivity contribution in [1.82, 2.24) is 0 Å². The monoisotopic (exact) mass is 127 g/mol. The predicted molar refractivity (Wildman–Crippen MR) is 40.2 cm³/mol. The number of hydrogen-bond donors (Lipinski definition) is 1. The van der Waals surface area contributed by atoms with Crippen molar-refractivity contribution < 1.29 is 0 Å². The first-order chi connectivity index (χ1) is 3.91. The lowest BCUT2D eigenvalue weighted by Crippen LogP contribution is -2.33. The van der Waals surface area contributed by atoms with Crippen LogP contribution >= 0.6 is 0 Å². The summed E-state index contributed by atoms with van der Waals surface area (Å²) in [5.41, 5.74) is 6.59. The Bertz CT molecular complexity index is 99.7. The van der Waals surface area contributed by atoms with Crippen molar-refractivity contribution in [3.05, 3.63) is 0 Å². The second kappa shape index (κ2) is 1.72. The van der Waals surface area contributed by atoms with Crippen LogP contribution in [0.15, 0.2) is 0 Å². The lowest BCUT2D eigenvalue weighted by atomic mass is 9.89. The molecule has 0 radical (unpaired) electrons. The highest BCUT2D eigenvalue weighted by molar-refractivity contribution is 4.93. The summed E-state index contributed by atoms with van der Waals surface area (Å²) >= 11 is 0. The first kappa shape index (κ1) is 7.07. The molecule has 1 nitrogen and oxygen atoms in total. The summed E-state index contributed by atoms with van der Waals surface area (Å²) < 4.78 is 0. The van der Waals surface area contributed by atoms with Gasteiger partial charge in [-0.3, -0.25) is 0 Å². The van der Waals surface area contributed by atoms with Crippen molar-refractivity contribution in [3.63, 3.8) is 0 Å². The molecule has 9 heavy (non-hydrogen) atoms. The minimum Gasteiger partial charge on any atom is -0.325 e. The average Bonchev–Trinajstić information content (AvgIpc) is 1.78. The van der Waals surface area contributed by atoms with Gasteiger partial charge in [0.1, 0.15) is 0 Å². The third-order valence-electron chi connectivity index (χ3n) is 2.26. The van der Waals surface area contributed by atoms with Gasteiger partial charge in [-0.15, -0.1) is 0 Å². The van der Waals surface area contributed by atoms with E-state index in [0.29, 0.717) is 5.41 Å². The third kappa shape index (κ3) is 1.68. The van der Waals surface area contributed by atoms with Gasteiger partial charge in [-0.2, -0.15) is 0 Å². The van der Waals surface area contributed by atoms with Gasteiger partial charge in [0.2, 0.25) is 0 Å². The van der Waals surface area contributed by atoms with E-state index in [2.05, 4.69) is 20.8 Å². The predicted octanol–water partition coefficient (Wildman–Crippen LogP) is 1.91. The van der Waals surface area contributed by atoms with Crippen LogP contribution in [0.3, 0.4) is 0 Å². The van der Waals surface area contributed by atoms with Crippen molar-refractivity contribution in [2.45, 2.75) is 45.6 Å². The molecule has 1 aliphatic rings. The first-order valence-corrected chi connectivity index (χ1v) is 3.70. The van der Waals surface area contributed by atoms with E-state index in [1.54, 1.807) is 0 Å². The topological polar surface area (TPSA) is 26.0 Å². The normalized spacial score (nSPS) is 41.3. The Hall–Kier alpha value is -0.0400. The second-order valence-electron chi connectivity index (χ2n) is 4.50. The second-order valence-corrected chi connectivity index (χ2v) is 4.50. The van der Waals surface area contributed by atoms with Crippen molar-refractivity contribution in [2.75, 3.05) is 0 Å². The fourth-order valence-electron chi connectivity index (χ4n) is 1.89. The zero-order valence-electron chi connectivity index (χ0n) is 6.70. The van der Waals surface area contributed by atoms with E-state index in [1.165, 1.54) is 19.3 Å². The van der Waals surface area contributed by atoms with Gasteiger partial charge in [0.25, 0.3) is 0 Å². The summed E-state index contributed by atoms with van der Waals surface area (Å²) in [6.45, 7) is 6.75. The van der Waals surface area contributed by atoms with E-state index in [0.717, 1.165) is 0 Å². The molecule has 1 saturated carbocycles. The van der Waals surface area contributed by atoms with Crippen LogP contribution in [-0.4, -0.2) is 5.54 Å². The van der Waals surface area contributed by atoms with Crippen LogP contribution < -0.4 is 5.73 Å². The Morgan fingerprint density at radius 3 is 1.78 bits per heavy atom. The number of nitrogens with two attached hydrogens (primary N) is 1. The molecule has 0 unspecified atom stereocenters. The Labute approximate surface area is 57.6 Å². The molecular weight excluding hydrogens is 110 g/mol. The molecule has 1 rings (SSSR count). The SMILES string of the molecule is CC1(C)CC[C@@](C)(N)C1. The molecule has 1 aliphatic carbocycles. The van der Waals surface area contributed by atoms with E-state index in [1.807, 2.05) is 0 Å². The van der Waals surface area contributed by atoms with Crippen LogP contribution in [0.2, 0.25) is 0 Å². The average molecular weight is 127 g/mol. The van der Waals surface area contributed by atoms with Gasteiger partial charge in [-0.1, -0.05) is 13.8 Å². The fourth-order valence-corrected chi connectivity index (χ4v) is 1.89. The Morgan fingerprint density at radius 2 is 1.67 bits per heavy atom. The van der Waals surface area contributed by atoms with Gasteiger partial charge < -0.3 is 5.73 Å². The quantitative estimate of drug-likeness (QED) is 0.528. The minimum absolute atomic E-state index is 0.128. The van der Waals surface area contributed by atoms with Crippen LogP contribution in [-0.2, 0) is 0 Å². The van der Waals surface area contributed by atoms with Gasteiger partial charge >= 0.3 is 0 Å². The van der Waals surface area contributed by atoms with Gasteiger partial charge in [0.05, 0.1) is 0 Å². The van der Waals surface area contributed by atoms with Gasteiger partial charge in [-0.05, 0) is 31.6 Å². The summed E-state index contributed by atoms with van der Waals surface area (Å²) in [6, 6.07) is 0. The summed E-state index contributed by atoms with van der Waals surface area (Å²) in [4.78, 5) is 0. The number of hydrogen-bond acceptors (Lipinski definition) is 1. The first-order valence-electron chi connectivity index (χ1n) is 3.70. The van der Waals surface area contributed by atoms with Crippen LogP contribution in [0.4, 0.5) is 0 Å². The Balaban J connectivity index is 2.58. The third-order valence-corrected chi connectivity index (χ3v) is 2.26. The zero-order chi connectivity index (χ0) is 7.12. The maximum absolute atomic E-state index is 5.95. The largest absolute Gasteiger partial charge is 0.325 e. The van der Waals surface area contributed by atoms with E-state index >= 15 is 0 Å². The summed E-state index contributed by atoms with van der Waals surface area (Å²) in [7, 11) is 0. The molecule has 0 bridgehead atoms. The van der Waals surface area contributed by atoms with Gasteiger partial charge in [0, 0.05) is 5.54 Å². The molecule has 54 valence electrons. The molecule has 2 N–H and O–H groups in total. The lowest BCUT2D eigenvalue weighted by Gasteiger charge is -2.21. The van der Waals surface area contributed by atoms with Gasteiger partial charge in [0.15, 0.2) is 0 Å². The van der Waals surface area contributed by atoms with Crippen LogP contribution in [0.25, 0.3) is 0 Å². The van der Waals surface area contributed by atoms with E-state index < -0.39 is 0 Å². The maximum atomic E-state index is 5.95. The van der Waals surface area contributed by atoms with Crippen LogP contribution in [0, 0.1) is 5.41 Å². The highest BCUT2D eigenvalue weighted by atomic mass is 14.7. The van der Waals surface area contributed by atoms with Crippen molar-refractivity contribution in [3.8, 4) is 0 Å². The molecule has 1 atom stereocenters. The zero-order valence-corrected chi connectivity index (χ0v) is 6.70. The van der Waals surface area contributed by atoms with E-state index in [-0.39, 0.29) is 5.54 Å². The molecule has 0 amide bonds. The highest BCUT2D eigenvalue weighted by Gasteiger charge is 2.36. The molecule has 0 spiro atoms.